The molecule has 33 heavy (non-hydrogen) atoms. The van der Waals surface area contributed by atoms with E-state index in [2.05, 4.69) is 15.9 Å². The van der Waals surface area contributed by atoms with Crippen LogP contribution in [0, 0.1) is 11.7 Å². The summed E-state index contributed by atoms with van der Waals surface area (Å²) in [5.41, 5.74) is -0.307. The predicted octanol–water partition coefficient (Wildman–Crippen LogP) is 4.34. The molecule has 0 aromatic heterocycles. The third-order valence-corrected chi connectivity index (χ3v) is 7.85. The fraction of sp³-hybridized carbons (Fsp3) is 0.435. The van der Waals surface area contributed by atoms with Gasteiger partial charge in [0.15, 0.2) is 9.84 Å². The van der Waals surface area contributed by atoms with Gasteiger partial charge < -0.3 is 19.5 Å². The lowest BCUT2D eigenvalue weighted by atomic mass is 9.95. The molecule has 1 aliphatic heterocycles. The Labute approximate surface area is 201 Å². The molecule has 1 N–H and O–H groups in total. The number of aliphatic hydroxyl groups is 1. The maximum atomic E-state index is 13.7. The Morgan fingerprint density at radius 3 is 2.52 bits per heavy atom. The minimum Gasteiger partial charge on any atom is -0.493 e. The average Bonchev–Trinajstić information content (AvgIpc) is 2.72. The number of sulfone groups is 1. The van der Waals surface area contributed by atoms with Crippen molar-refractivity contribution >= 4 is 31.9 Å². The number of nitrogens with zero attached hydrogens (tertiary/aromatic N) is 1. The van der Waals surface area contributed by atoms with Crippen LogP contribution in [0.15, 0.2) is 51.8 Å². The molecular weight excluding hydrogens is 517 g/mol. The first kappa shape index (κ1) is 25.5. The van der Waals surface area contributed by atoms with Gasteiger partial charge in [-0.3, -0.25) is 0 Å². The molecule has 0 bridgehead atoms. The van der Waals surface area contributed by atoms with Gasteiger partial charge in [-0.05, 0) is 57.2 Å². The highest BCUT2D eigenvalue weighted by molar-refractivity contribution is 9.10. The van der Waals surface area contributed by atoms with E-state index in [4.69, 9.17) is 9.47 Å². The van der Waals surface area contributed by atoms with Gasteiger partial charge in [-0.15, -0.1) is 0 Å². The van der Waals surface area contributed by atoms with Crippen LogP contribution in [0.2, 0.25) is 0 Å². The summed E-state index contributed by atoms with van der Waals surface area (Å²) in [5.74, 6) is -0.782. The number of ether oxygens (including phenoxy) is 2. The monoisotopic (exact) mass is 543 g/mol. The number of rotatable bonds is 6. The van der Waals surface area contributed by atoms with Crippen molar-refractivity contribution in [2.75, 3.05) is 26.3 Å². The number of fused-ring (bicyclic) bond motifs is 1. The van der Waals surface area contributed by atoms with Crippen molar-refractivity contribution in [1.82, 2.24) is 4.90 Å². The molecule has 3 rings (SSSR count). The molecule has 1 aliphatic rings. The van der Waals surface area contributed by atoms with E-state index in [1.807, 2.05) is 0 Å². The first-order chi connectivity index (χ1) is 15.4. The standard InChI is InChI=1S/C23H27BrFNO6S/c1-23(2,3)32-22(28)26(10-11-27)13-15-14-31-20-12-16(24)4-9-19(20)21(15)33(29,30)18-7-5-17(25)6-8-18/h4-9,12,15,21,27H,10-11,13-14H2,1-3H3. The molecule has 7 nitrogen and oxygen atoms in total. The van der Waals surface area contributed by atoms with E-state index in [1.165, 1.54) is 17.0 Å². The first-order valence-electron chi connectivity index (χ1n) is 10.4. The molecule has 0 radical (unpaired) electrons. The Bertz CT molecular complexity index is 1100. The summed E-state index contributed by atoms with van der Waals surface area (Å²) in [7, 11) is -3.98. The number of hydrogen-bond acceptors (Lipinski definition) is 6. The van der Waals surface area contributed by atoms with E-state index >= 15 is 0 Å². The summed E-state index contributed by atoms with van der Waals surface area (Å²) >= 11 is 3.37. The fourth-order valence-corrected chi connectivity index (χ4v) is 6.08. The third kappa shape index (κ3) is 6.04. The van der Waals surface area contributed by atoms with Crippen molar-refractivity contribution in [2.24, 2.45) is 5.92 Å². The van der Waals surface area contributed by atoms with Crippen LogP contribution in [-0.4, -0.2) is 56.4 Å². The SMILES string of the molecule is CC(C)(C)OC(=O)N(CCO)CC1COc2cc(Br)ccc2C1S(=O)(=O)c1ccc(F)cc1. The number of carbonyl (C=O) groups excluding carboxylic acids is 1. The normalized spacial score (nSPS) is 18.2. The van der Waals surface area contributed by atoms with Gasteiger partial charge in [-0.2, -0.15) is 0 Å². The number of halogens is 2. The van der Waals surface area contributed by atoms with Crippen molar-refractivity contribution in [3.63, 3.8) is 0 Å². The van der Waals surface area contributed by atoms with Crippen molar-refractivity contribution in [1.29, 1.82) is 0 Å². The third-order valence-electron chi connectivity index (χ3n) is 5.12. The molecule has 0 saturated heterocycles. The Kier molecular flexibility index (Phi) is 7.70. The first-order valence-corrected chi connectivity index (χ1v) is 12.8. The van der Waals surface area contributed by atoms with Gasteiger partial charge in [0.25, 0.3) is 0 Å². The van der Waals surface area contributed by atoms with Crippen LogP contribution in [-0.2, 0) is 14.6 Å². The van der Waals surface area contributed by atoms with Gasteiger partial charge in [0.05, 0.1) is 18.1 Å². The zero-order valence-corrected chi connectivity index (χ0v) is 21.0. The molecule has 0 fully saturated rings. The predicted molar refractivity (Wildman–Crippen MR) is 124 cm³/mol. The topological polar surface area (TPSA) is 93.1 Å². The minimum absolute atomic E-state index is 0.0178. The molecular formula is C23H27BrFNO6S. The molecule has 2 aromatic rings. The van der Waals surface area contributed by atoms with Gasteiger partial charge in [-0.1, -0.05) is 22.0 Å². The van der Waals surface area contributed by atoms with Crippen LogP contribution < -0.4 is 4.74 Å². The van der Waals surface area contributed by atoms with E-state index < -0.39 is 38.5 Å². The molecule has 10 heteroatoms. The summed E-state index contributed by atoms with van der Waals surface area (Å²) in [4.78, 5) is 14.0. The summed E-state index contributed by atoms with van der Waals surface area (Å²) in [6, 6.07) is 9.74. The van der Waals surface area contributed by atoms with E-state index in [1.54, 1.807) is 39.0 Å². The lowest BCUT2D eigenvalue weighted by molar-refractivity contribution is 0.0161. The molecule has 2 atom stereocenters. The summed E-state index contributed by atoms with van der Waals surface area (Å²) < 4.78 is 52.9. The lowest BCUT2D eigenvalue weighted by Crippen LogP contribution is -2.45. The maximum absolute atomic E-state index is 13.7. The average molecular weight is 544 g/mol. The fourth-order valence-electron chi connectivity index (χ4n) is 3.73. The Morgan fingerprint density at radius 2 is 1.91 bits per heavy atom. The van der Waals surface area contributed by atoms with Gasteiger partial charge in [-0.25, -0.2) is 17.6 Å². The second-order valence-electron chi connectivity index (χ2n) is 8.82. The largest absolute Gasteiger partial charge is 0.493 e. The minimum atomic E-state index is -3.98. The maximum Gasteiger partial charge on any atom is 0.410 e. The van der Waals surface area contributed by atoms with Crippen LogP contribution in [0.1, 0.15) is 31.6 Å². The molecule has 0 saturated carbocycles. The highest BCUT2D eigenvalue weighted by Crippen LogP contribution is 2.44. The van der Waals surface area contributed by atoms with Crippen molar-refractivity contribution in [3.8, 4) is 5.75 Å². The van der Waals surface area contributed by atoms with Gasteiger partial charge in [0.2, 0.25) is 0 Å². The Balaban J connectivity index is 2.02. The molecule has 2 unspecified atom stereocenters. The molecule has 1 heterocycles. The van der Waals surface area contributed by atoms with Crippen LogP contribution in [0.5, 0.6) is 5.75 Å². The van der Waals surface area contributed by atoms with Gasteiger partial charge in [0.1, 0.15) is 22.4 Å². The molecule has 0 aliphatic carbocycles. The van der Waals surface area contributed by atoms with Crippen molar-refractivity contribution < 1.29 is 32.2 Å². The molecule has 2 aromatic carbocycles. The quantitative estimate of drug-likeness (QED) is 0.544. The lowest BCUT2D eigenvalue weighted by Gasteiger charge is -2.36. The van der Waals surface area contributed by atoms with Crippen LogP contribution in [0.3, 0.4) is 0 Å². The highest BCUT2D eigenvalue weighted by Gasteiger charge is 2.42. The van der Waals surface area contributed by atoms with Gasteiger partial charge in [0, 0.05) is 29.0 Å². The number of amides is 1. The molecule has 180 valence electrons. The van der Waals surface area contributed by atoms with Crippen molar-refractivity contribution in [3.05, 3.63) is 58.3 Å². The van der Waals surface area contributed by atoms with E-state index in [0.717, 1.165) is 16.6 Å². The Morgan fingerprint density at radius 1 is 1.24 bits per heavy atom. The zero-order chi connectivity index (χ0) is 24.4. The summed E-state index contributed by atoms with van der Waals surface area (Å²) in [5, 5.41) is 8.44. The van der Waals surface area contributed by atoms with Crippen LogP contribution in [0.4, 0.5) is 9.18 Å². The van der Waals surface area contributed by atoms with E-state index in [0.29, 0.717) is 11.3 Å². The van der Waals surface area contributed by atoms with Crippen LogP contribution >= 0.6 is 15.9 Å². The number of hydrogen-bond donors (Lipinski definition) is 1. The zero-order valence-electron chi connectivity index (χ0n) is 18.6. The molecule has 1 amide bonds. The second kappa shape index (κ2) is 9.99. The van der Waals surface area contributed by atoms with Gasteiger partial charge >= 0.3 is 6.09 Å². The summed E-state index contributed by atoms with van der Waals surface area (Å²) in [6.07, 6.45) is -0.656. The number of carbonyl (C=O) groups is 1. The summed E-state index contributed by atoms with van der Waals surface area (Å²) in [6.45, 7) is 4.84. The second-order valence-corrected chi connectivity index (χ2v) is 11.8. The number of benzene rings is 2. The van der Waals surface area contributed by atoms with E-state index in [9.17, 15) is 22.7 Å². The smallest absolute Gasteiger partial charge is 0.410 e. The number of aliphatic hydroxyl groups excluding tert-OH is 1. The van der Waals surface area contributed by atoms with E-state index in [-0.39, 0.29) is 31.2 Å². The van der Waals surface area contributed by atoms with Crippen LogP contribution in [0.25, 0.3) is 0 Å². The van der Waals surface area contributed by atoms with Crippen molar-refractivity contribution in [2.45, 2.75) is 36.5 Å². The highest BCUT2D eigenvalue weighted by atomic mass is 79.9. The Hall–Kier alpha value is -2.17. The molecule has 0 spiro atoms.